The van der Waals surface area contributed by atoms with Gasteiger partial charge in [0.05, 0.1) is 16.1 Å². The molecule has 4 rings (SSSR count). The molecular weight excluding hydrogens is 424 g/mol. The zero-order valence-electron chi connectivity index (χ0n) is 16.6. The van der Waals surface area contributed by atoms with Crippen LogP contribution in [-0.4, -0.2) is 41.3 Å². The molecule has 0 radical (unpaired) electrons. The molecule has 1 N–H and O–H groups in total. The van der Waals surface area contributed by atoms with Gasteiger partial charge in [-0.05, 0) is 50.1 Å². The molecule has 158 valence electrons. The van der Waals surface area contributed by atoms with Crippen molar-refractivity contribution in [2.45, 2.75) is 37.6 Å². The average molecular weight is 447 g/mol. The standard InChI is InChI=1S/C21H23ClN4O3S/c1-2-26-18-9-5-4-8-17(18)23-21(26)24-20(27)15-10-11-16(22)19(14-15)30(28,29)25-12-6-3-7-13-25/h4-5,8-11,14H,2-3,6-7,12-13H2,1H3,(H,23,24,27). The van der Waals surface area contributed by atoms with E-state index in [-0.39, 0.29) is 15.5 Å². The highest BCUT2D eigenvalue weighted by atomic mass is 35.5. The highest BCUT2D eigenvalue weighted by Gasteiger charge is 2.29. The number of hydrogen-bond donors (Lipinski definition) is 1. The van der Waals surface area contributed by atoms with Crippen LogP contribution in [0.5, 0.6) is 0 Å². The molecule has 1 aromatic heterocycles. The molecular formula is C21H23ClN4O3S. The SMILES string of the molecule is CCn1c(NC(=O)c2ccc(Cl)c(S(=O)(=O)N3CCCCC3)c2)nc2ccccc21. The van der Waals surface area contributed by atoms with Crippen molar-refractivity contribution in [1.29, 1.82) is 0 Å². The van der Waals surface area contributed by atoms with Gasteiger partial charge in [0.1, 0.15) is 4.90 Å². The Hall–Kier alpha value is -2.42. The summed E-state index contributed by atoms with van der Waals surface area (Å²) in [5.74, 6) is -0.0224. The number of carbonyl (C=O) groups excluding carboxylic acids is 1. The first-order valence-electron chi connectivity index (χ1n) is 9.98. The van der Waals surface area contributed by atoms with Crippen molar-refractivity contribution < 1.29 is 13.2 Å². The number of fused-ring (bicyclic) bond motifs is 1. The van der Waals surface area contributed by atoms with Crippen LogP contribution in [0.4, 0.5) is 5.95 Å². The van der Waals surface area contributed by atoms with Crippen molar-refractivity contribution >= 4 is 44.5 Å². The molecule has 0 saturated carbocycles. The molecule has 1 aliphatic heterocycles. The first kappa shape index (κ1) is 20.8. The Bertz CT molecular complexity index is 1200. The van der Waals surface area contributed by atoms with Crippen LogP contribution in [0, 0.1) is 0 Å². The summed E-state index contributed by atoms with van der Waals surface area (Å²) in [7, 11) is -3.75. The number of sulfonamides is 1. The van der Waals surface area contributed by atoms with Crippen LogP contribution >= 0.6 is 11.6 Å². The predicted molar refractivity (Wildman–Crippen MR) is 117 cm³/mol. The summed E-state index contributed by atoms with van der Waals surface area (Å²) < 4.78 is 29.4. The zero-order chi connectivity index (χ0) is 21.3. The van der Waals surface area contributed by atoms with Gasteiger partial charge in [0.15, 0.2) is 0 Å². The summed E-state index contributed by atoms with van der Waals surface area (Å²) >= 11 is 6.21. The van der Waals surface area contributed by atoms with E-state index in [1.807, 2.05) is 35.8 Å². The maximum Gasteiger partial charge on any atom is 0.258 e. The molecule has 1 aliphatic rings. The minimum atomic E-state index is -3.75. The topological polar surface area (TPSA) is 84.3 Å². The van der Waals surface area contributed by atoms with E-state index in [9.17, 15) is 13.2 Å². The minimum Gasteiger partial charge on any atom is -0.310 e. The molecule has 3 aromatic rings. The molecule has 1 amide bonds. The van der Waals surface area contributed by atoms with E-state index in [2.05, 4.69) is 10.3 Å². The summed E-state index contributed by atoms with van der Waals surface area (Å²) in [4.78, 5) is 17.4. The Morgan fingerprint density at radius 1 is 1.13 bits per heavy atom. The van der Waals surface area contributed by atoms with Gasteiger partial charge in [-0.1, -0.05) is 30.2 Å². The number of halogens is 1. The Morgan fingerprint density at radius 3 is 2.60 bits per heavy atom. The fourth-order valence-electron chi connectivity index (χ4n) is 3.75. The Balaban J connectivity index is 1.65. The number of nitrogens with one attached hydrogen (secondary N) is 1. The zero-order valence-corrected chi connectivity index (χ0v) is 18.2. The van der Waals surface area contributed by atoms with E-state index in [4.69, 9.17) is 11.6 Å². The quantitative estimate of drug-likeness (QED) is 0.638. The number of carbonyl (C=O) groups is 1. The molecule has 0 aliphatic carbocycles. The molecule has 1 saturated heterocycles. The summed E-state index contributed by atoms with van der Waals surface area (Å²) in [5, 5.41) is 2.92. The number of piperidine rings is 1. The monoisotopic (exact) mass is 446 g/mol. The van der Waals surface area contributed by atoms with Gasteiger partial charge in [0.2, 0.25) is 16.0 Å². The average Bonchev–Trinajstić information content (AvgIpc) is 3.11. The lowest BCUT2D eigenvalue weighted by Crippen LogP contribution is -2.35. The van der Waals surface area contributed by atoms with Crippen LogP contribution in [-0.2, 0) is 16.6 Å². The number of para-hydroxylation sites is 2. The van der Waals surface area contributed by atoms with Crippen LogP contribution in [0.2, 0.25) is 5.02 Å². The number of aromatic nitrogens is 2. The van der Waals surface area contributed by atoms with Crippen LogP contribution in [0.1, 0.15) is 36.5 Å². The Morgan fingerprint density at radius 2 is 1.87 bits per heavy atom. The predicted octanol–water partition coefficient (Wildman–Crippen LogP) is 4.14. The van der Waals surface area contributed by atoms with E-state index in [0.29, 0.717) is 25.6 Å². The molecule has 9 heteroatoms. The van der Waals surface area contributed by atoms with E-state index in [1.54, 1.807) is 0 Å². The van der Waals surface area contributed by atoms with Gasteiger partial charge in [0.25, 0.3) is 5.91 Å². The van der Waals surface area contributed by atoms with Crippen molar-refractivity contribution in [1.82, 2.24) is 13.9 Å². The fourth-order valence-corrected chi connectivity index (χ4v) is 5.77. The highest BCUT2D eigenvalue weighted by molar-refractivity contribution is 7.89. The summed E-state index contributed by atoms with van der Waals surface area (Å²) in [6, 6.07) is 11.9. The first-order chi connectivity index (χ1) is 14.4. The lowest BCUT2D eigenvalue weighted by atomic mass is 10.2. The largest absolute Gasteiger partial charge is 0.310 e. The lowest BCUT2D eigenvalue weighted by Gasteiger charge is -2.26. The van der Waals surface area contributed by atoms with Gasteiger partial charge >= 0.3 is 0 Å². The van der Waals surface area contributed by atoms with Gasteiger partial charge in [-0.15, -0.1) is 0 Å². The smallest absolute Gasteiger partial charge is 0.258 e. The Labute approximate surface area is 180 Å². The number of rotatable bonds is 5. The molecule has 0 unspecified atom stereocenters. The second kappa shape index (κ2) is 8.37. The molecule has 1 fully saturated rings. The normalized spacial score (nSPS) is 15.4. The molecule has 0 spiro atoms. The second-order valence-corrected chi connectivity index (χ2v) is 9.55. The third-order valence-electron chi connectivity index (χ3n) is 5.32. The van der Waals surface area contributed by atoms with Crippen molar-refractivity contribution in [3.63, 3.8) is 0 Å². The van der Waals surface area contributed by atoms with E-state index < -0.39 is 15.9 Å². The van der Waals surface area contributed by atoms with Crippen molar-refractivity contribution in [2.75, 3.05) is 18.4 Å². The van der Waals surface area contributed by atoms with Gasteiger partial charge in [0, 0.05) is 25.2 Å². The summed E-state index contributed by atoms with van der Waals surface area (Å²) in [5.41, 5.74) is 1.91. The van der Waals surface area contributed by atoms with Gasteiger partial charge in [-0.3, -0.25) is 10.1 Å². The third-order valence-corrected chi connectivity index (χ3v) is 7.70. The molecule has 2 heterocycles. The number of hydrogen-bond acceptors (Lipinski definition) is 4. The van der Waals surface area contributed by atoms with Crippen LogP contribution in [0.25, 0.3) is 11.0 Å². The maximum absolute atomic E-state index is 13.1. The van der Waals surface area contributed by atoms with Crippen LogP contribution in [0.3, 0.4) is 0 Å². The van der Waals surface area contributed by atoms with Gasteiger partial charge in [-0.25, -0.2) is 13.4 Å². The van der Waals surface area contributed by atoms with E-state index in [1.165, 1.54) is 22.5 Å². The van der Waals surface area contributed by atoms with E-state index in [0.717, 1.165) is 30.3 Å². The number of benzene rings is 2. The summed E-state index contributed by atoms with van der Waals surface area (Å²) in [6.07, 6.45) is 2.66. The molecule has 0 bridgehead atoms. The number of aryl methyl sites for hydroxylation is 1. The number of nitrogens with zero attached hydrogens (tertiary/aromatic N) is 3. The number of anilines is 1. The molecule has 2 aromatic carbocycles. The lowest BCUT2D eigenvalue weighted by molar-refractivity contribution is 0.102. The molecule has 7 nitrogen and oxygen atoms in total. The summed E-state index contributed by atoms with van der Waals surface area (Å²) in [6.45, 7) is 3.53. The van der Waals surface area contributed by atoms with Crippen LogP contribution in [0.15, 0.2) is 47.4 Å². The number of imidazole rings is 1. The van der Waals surface area contributed by atoms with Crippen molar-refractivity contribution in [3.05, 3.63) is 53.1 Å². The van der Waals surface area contributed by atoms with Gasteiger partial charge < -0.3 is 4.57 Å². The van der Waals surface area contributed by atoms with Gasteiger partial charge in [-0.2, -0.15) is 4.31 Å². The second-order valence-electron chi connectivity index (χ2n) is 7.23. The maximum atomic E-state index is 13.1. The molecule has 30 heavy (non-hydrogen) atoms. The molecule has 0 atom stereocenters. The Kier molecular flexibility index (Phi) is 5.81. The highest BCUT2D eigenvalue weighted by Crippen LogP contribution is 2.28. The number of amides is 1. The first-order valence-corrected chi connectivity index (χ1v) is 11.8. The minimum absolute atomic E-state index is 0.0392. The van der Waals surface area contributed by atoms with Crippen molar-refractivity contribution in [2.24, 2.45) is 0 Å². The van der Waals surface area contributed by atoms with Crippen molar-refractivity contribution in [3.8, 4) is 0 Å². The van der Waals surface area contributed by atoms with Crippen LogP contribution < -0.4 is 5.32 Å². The van der Waals surface area contributed by atoms with E-state index >= 15 is 0 Å². The fraction of sp³-hybridized carbons (Fsp3) is 0.333. The third kappa shape index (κ3) is 3.82.